The zero-order valence-corrected chi connectivity index (χ0v) is 14.2. The van der Waals surface area contributed by atoms with E-state index in [0.29, 0.717) is 11.1 Å². The zero-order chi connectivity index (χ0) is 18.8. The third-order valence-corrected chi connectivity index (χ3v) is 3.76. The van der Waals surface area contributed by atoms with Crippen LogP contribution in [0.15, 0.2) is 47.5 Å². The summed E-state index contributed by atoms with van der Waals surface area (Å²) in [6, 6.07) is 10.6. The second-order valence-electron chi connectivity index (χ2n) is 6.75. The predicted octanol–water partition coefficient (Wildman–Crippen LogP) is 5.04. The SMILES string of the molecule is CC(C)(C)c1cccc(C=Nc2ccccc2[C@H](O)C(F)(F)F)c1O. The van der Waals surface area contributed by atoms with Gasteiger partial charge in [-0.2, -0.15) is 13.2 Å². The summed E-state index contributed by atoms with van der Waals surface area (Å²) >= 11 is 0. The van der Waals surface area contributed by atoms with Gasteiger partial charge in [0.05, 0.1) is 5.69 Å². The lowest BCUT2D eigenvalue weighted by atomic mass is 9.85. The van der Waals surface area contributed by atoms with E-state index in [2.05, 4.69) is 4.99 Å². The van der Waals surface area contributed by atoms with Gasteiger partial charge in [0.15, 0.2) is 6.10 Å². The van der Waals surface area contributed by atoms with Gasteiger partial charge in [-0.1, -0.05) is 51.1 Å². The summed E-state index contributed by atoms with van der Waals surface area (Å²) in [6.07, 6.45) is -6.10. The third-order valence-electron chi connectivity index (χ3n) is 3.76. The largest absolute Gasteiger partial charge is 0.507 e. The molecule has 2 aromatic rings. The molecule has 2 rings (SSSR count). The molecule has 0 bridgehead atoms. The Morgan fingerprint density at radius 1 is 1.00 bits per heavy atom. The average molecular weight is 351 g/mol. The fourth-order valence-corrected chi connectivity index (χ4v) is 2.42. The lowest BCUT2D eigenvalue weighted by Crippen LogP contribution is -2.20. The smallest absolute Gasteiger partial charge is 0.418 e. The minimum Gasteiger partial charge on any atom is -0.507 e. The minimum atomic E-state index is -4.78. The number of phenols is 1. The summed E-state index contributed by atoms with van der Waals surface area (Å²) in [6.45, 7) is 5.83. The van der Waals surface area contributed by atoms with Crippen LogP contribution in [-0.2, 0) is 5.41 Å². The van der Waals surface area contributed by atoms with Crippen molar-refractivity contribution in [3.05, 3.63) is 59.2 Å². The molecular formula is C19H20F3NO2. The van der Waals surface area contributed by atoms with E-state index in [4.69, 9.17) is 0 Å². The fourth-order valence-electron chi connectivity index (χ4n) is 2.42. The van der Waals surface area contributed by atoms with Crippen LogP contribution in [0.5, 0.6) is 5.75 Å². The van der Waals surface area contributed by atoms with E-state index in [0.717, 1.165) is 0 Å². The average Bonchev–Trinajstić information content (AvgIpc) is 2.51. The molecule has 0 aliphatic heterocycles. The summed E-state index contributed by atoms with van der Waals surface area (Å²) < 4.78 is 38.4. The van der Waals surface area contributed by atoms with E-state index in [9.17, 15) is 23.4 Å². The summed E-state index contributed by atoms with van der Waals surface area (Å²) in [5.41, 5.74) is 0.465. The number of hydrogen-bond acceptors (Lipinski definition) is 3. The second-order valence-corrected chi connectivity index (χ2v) is 6.75. The Hall–Kier alpha value is -2.34. The Bertz CT molecular complexity index is 777. The number of nitrogens with zero attached hydrogens (tertiary/aromatic N) is 1. The molecule has 0 heterocycles. The van der Waals surface area contributed by atoms with Crippen LogP contribution in [0.1, 0.15) is 43.6 Å². The minimum absolute atomic E-state index is 0.00659. The van der Waals surface area contributed by atoms with Gasteiger partial charge in [0, 0.05) is 17.3 Å². The van der Waals surface area contributed by atoms with Gasteiger partial charge >= 0.3 is 6.18 Å². The van der Waals surface area contributed by atoms with E-state index in [1.807, 2.05) is 20.8 Å². The number of aliphatic imine (C=N–C) groups is 1. The van der Waals surface area contributed by atoms with Gasteiger partial charge < -0.3 is 10.2 Å². The van der Waals surface area contributed by atoms with Crippen molar-refractivity contribution in [3.63, 3.8) is 0 Å². The van der Waals surface area contributed by atoms with Crippen molar-refractivity contribution in [1.29, 1.82) is 0 Å². The van der Waals surface area contributed by atoms with Crippen LogP contribution in [-0.4, -0.2) is 22.6 Å². The van der Waals surface area contributed by atoms with Crippen LogP contribution in [0.25, 0.3) is 0 Å². The van der Waals surface area contributed by atoms with Crippen LogP contribution < -0.4 is 0 Å². The zero-order valence-electron chi connectivity index (χ0n) is 14.2. The van der Waals surface area contributed by atoms with Gasteiger partial charge in [0.25, 0.3) is 0 Å². The first kappa shape index (κ1) is 19.0. The van der Waals surface area contributed by atoms with E-state index in [1.54, 1.807) is 18.2 Å². The quantitative estimate of drug-likeness (QED) is 0.762. The van der Waals surface area contributed by atoms with Crippen LogP contribution in [0.2, 0.25) is 0 Å². The van der Waals surface area contributed by atoms with Crippen molar-refractivity contribution in [1.82, 2.24) is 0 Å². The van der Waals surface area contributed by atoms with Crippen molar-refractivity contribution < 1.29 is 23.4 Å². The highest BCUT2D eigenvalue weighted by Gasteiger charge is 2.40. The van der Waals surface area contributed by atoms with Crippen molar-refractivity contribution in [3.8, 4) is 5.75 Å². The number of halogens is 3. The van der Waals surface area contributed by atoms with Crippen LogP contribution >= 0.6 is 0 Å². The molecule has 2 aromatic carbocycles. The fraction of sp³-hybridized carbons (Fsp3) is 0.316. The Morgan fingerprint density at radius 2 is 1.64 bits per heavy atom. The van der Waals surface area contributed by atoms with Gasteiger partial charge in [-0.3, -0.25) is 4.99 Å². The van der Waals surface area contributed by atoms with Gasteiger partial charge in [-0.05, 0) is 23.1 Å². The molecule has 0 saturated heterocycles. The molecule has 6 heteroatoms. The number of benzene rings is 2. The highest BCUT2D eigenvalue weighted by atomic mass is 19.4. The van der Waals surface area contributed by atoms with Gasteiger partial charge in [-0.25, -0.2) is 0 Å². The number of hydrogen-bond donors (Lipinski definition) is 2. The van der Waals surface area contributed by atoms with E-state index in [-0.39, 0.29) is 22.4 Å². The highest BCUT2D eigenvalue weighted by molar-refractivity contribution is 5.86. The summed E-state index contributed by atoms with van der Waals surface area (Å²) in [5.74, 6) is 0.0348. The van der Waals surface area contributed by atoms with Crippen molar-refractivity contribution in [2.24, 2.45) is 4.99 Å². The van der Waals surface area contributed by atoms with Crippen LogP contribution in [0.4, 0.5) is 18.9 Å². The summed E-state index contributed by atoms with van der Waals surface area (Å²) in [7, 11) is 0. The summed E-state index contributed by atoms with van der Waals surface area (Å²) in [5, 5.41) is 19.9. The number of aromatic hydroxyl groups is 1. The molecule has 1 atom stereocenters. The van der Waals surface area contributed by atoms with Gasteiger partial charge in [-0.15, -0.1) is 0 Å². The maximum Gasteiger partial charge on any atom is 0.418 e. The lowest BCUT2D eigenvalue weighted by Gasteiger charge is -2.21. The van der Waals surface area contributed by atoms with Crippen molar-refractivity contribution in [2.75, 3.05) is 0 Å². The van der Waals surface area contributed by atoms with Gasteiger partial charge in [0.1, 0.15) is 5.75 Å². The Morgan fingerprint density at radius 3 is 2.24 bits per heavy atom. The van der Waals surface area contributed by atoms with Gasteiger partial charge in [0.2, 0.25) is 0 Å². The molecule has 0 fully saturated rings. The molecule has 3 nitrogen and oxygen atoms in total. The lowest BCUT2D eigenvalue weighted by molar-refractivity contribution is -0.206. The topological polar surface area (TPSA) is 52.8 Å². The number of phenolic OH excluding ortho intramolecular Hbond substituents is 1. The van der Waals surface area contributed by atoms with Crippen LogP contribution in [0.3, 0.4) is 0 Å². The number of aliphatic hydroxyl groups is 1. The summed E-state index contributed by atoms with van der Waals surface area (Å²) in [4.78, 5) is 4.05. The molecule has 25 heavy (non-hydrogen) atoms. The molecule has 0 aromatic heterocycles. The molecule has 2 N–H and O–H groups in total. The van der Waals surface area contributed by atoms with Crippen LogP contribution in [0, 0.1) is 0 Å². The van der Waals surface area contributed by atoms with Crippen molar-refractivity contribution >= 4 is 11.9 Å². The number of alkyl halides is 3. The molecule has 0 radical (unpaired) electrons. The molecule has 134 valence electrons. The first-order valence-electron chi connectivity index (χ1n) is 7.72. The molecule has 0 unspecified atom stereocenters. The van der Waals surface area contributed by atoms with E-state index < -0.39 is 12.3 Å². The maximum atomic E-state index is 12.8. The van der Waals surface area contributed by atoms with E-state index >= 15 is 0 Å². The van der Waals surface area contributed by atoms with E-state index in [1.165, 1.54) is 30.5 Å². The molecule has 0 aliphatic rings. The van der Waals surface area contributed by atoms with Crippen molar-refractivity contribution in [2.45, 2.75) is 38.5 Å². The standard InChI is InChI=1S/C19H20F3NO2/c1-18(2,3)14-9-6-7-12(16(14)24)11-23-15-10-5-4-8-13(15)17(25)19(20,21)22/h4-11,17,24-25H,1-3H3/t17-/m0/s1. The molecule has 0 spiro atoms. The number of para-hydroxylation sites is 2. The number of rotatable bonds is 3. The molecule has 0 saturated carbocycles. The predicted molar refractivity (Wildman–Crippen MR) is 91.5 cm³/mol. The molecular weight excluding hydrogens is 331 g/mol. The normalized spacial score (nSPS) is 14.0. The third kappa shape index (κ3) is 4.39. The first-order chi connectivity index (χ1) is 11.5. The highest BCUT2D eigenvalue weighted by Crippen LogP contribution is 2.37. The maximum absolute atomic E-state index is 12.8. The Balaban J connectivity index is 2.42. The Labute approximate surface area is 144 Å². The monoisotopic (exact) mass is 351 g/mol. The first-order valence-corrected chi connectivity index (χ1v) is 7.72. The second kappa shape index (κ2) is 6.88. The Kier molecular flexibility index (Phi) is 5.23. The number of aliphatic hydroxyl groups excluding tert-OH is 1. The molecule has 0 amide bonds. The molecule has 0 aliphatic carbocycles.